The molecule has 0 bridgehead atoms. The first kappa shape index (κ1) is 10.6. The molecule has 0 spiro atoms. The van der Waals surface area contributed by atoms with Gasteiger partial charge in [-0.05, 0) is 36.5 Å². The van der Waals surface area contributed by atoms with Crippen LogP contribution in [0, 0.1) is 0 Å². The van der Waals surface area contributed by atoms with Crippen LogP contribution in [0.25, 0.3) is 0 Å². The molecule has 1 saturated carbocycles. The number of carbonyl (C=O) groups is 1. The molecule has 1 fully saturated rings. The van der Waals surface area contributed by atoms with Gasteiger partial charge in [0.05, 0.1) is 12.5 Å². The number of nitrogens with zero attached hydrogens (tertiary/aromatic N) is 1. The molecular weight excluding hydrogens is 214 g/mol. The number of benzene rings is 1. The Balaban J connectivity index is 1.98. The van der Waals surface area contributed by atoms with Crippen molar-refractivity contribution in [1.82, 2.24) is 0 Å². The fraction of sp³-hybridized carbons (Fsp3) is 0.500. The number of esters is 1. The van der Waals surface area contributed by atoms with Crippen molar-refractivity contribution in [3.63, 3.8) is 0 Å². The van der Waals surface area contributed by atoms with Gasteiger partial charge in [-0.3, -0.25) is 4.79 Å². The molecule has 2 aliphatic rings. The summed E-state index contributed by atoms with van der Waals surface area (Å²) in [5.74, 6) is -0.0798. The summed E-state index contributed by atoms with van der Waals surface area (Å²) in [6.07, 6.45) is 2.93. The predicted octanol–water partition coefficient (Wildman–Crippen LogP) is 1.88. The molecular formula is C14H17NO2. The minimum absolute atomic E-state index is 0.0798. The Hall–Kier alpha value is -1.51. The van der Waals surface area contributed by atoms with E-state index in [2.05, 4.69) is 30.1 Å². The Kier molecular flexibility index (Phi) is 2.18. The van der Waals surface area contributed by atoms with Gasteiger partial charge in [-0.25, -0.2) is 0 Å². The van der Waals surface area contributed by atoms with Gasteiger partial charge in [0.1, 0.15) is 0 Å². The Morgan fingerprint density at radius 2 is 2.18 bits per heavy atom. The second kappa shape index (κ2) is 3.49. The Bertz CT molecular complexity index is 477. The van der Waals surface area contributed by atoms with E-state index in [0.717, 1.165) is 31.4 Å². The van der Waals surface area contributed by atoms with E-state index in [-0.39, 0.29) is 11.4 Å². The van der Waals surface area contributed by atoms with E-state index < -0.39 is 0 Å². The normalized spacial score (nSPS) is 20.0. The first-order chi connectivity index (χ1) is 8.17. The number of methoxy groups -OCH3 is 1. The first-order valence-electron chi connectivity index (χ1n) is 6.10. The number of hydrogen-bond donors (Lipinski definition) is 0. The van der Waals surface area contributed by atoms with Gasteiger partial charge in [-0.15, -0.1) is 0 Å². The lowest BCUT2D eigenvalue weighted by Gasteiger charge is -2.16. The van der Waals surface area contributed by atoms with Gasteiger partial charge in [-0.2, -0.15) is 0 Å². The molecule has 0 atom stereocenters. The average molecular weight is 231 g/mol. The zero-order valence-corrected chi connectivity index (χ0v) is 10.3. The summed E-state index contributed by atoms with van der Waals surface area (Å²) in [5, 5.41) is 0. The van der Waals surface area contributed by atoms with Gasteiger partial charge in [-0.1, -0.05) is 12.1 Å². The molecule has 0 amide bonds. The van der Waals surface area contributed by atoms with Crippen molar-refractivity contribution in [3.8, 4) is 0 Å². The Morgan fingerprint density at radius 3 is 2.82 bits per heavy atom. The largest absolute Gasteiger partial charge is 0.468 e. The maximum absolute atomic E-state index is 11.8. The number of anilines is 1. The fourth-order valence-electron chi connectivity index (χ4n) is 2.80. The number of hydrogen-bond acceptors (Lipinski definition) is 3. The monoisotopic (exact) mass is 231 g/mol. The summed E-state index contributed by atoms with van der Waals surface area (Å²) in [6.45, 7) is 1.07. The fourth-order valence-corrected chi connectivity index (χ4v) is 2.80. The van der Waals surface area contributed by atoms with E-state index in [0.29, 0.717) is 0 Å². The molecule has 1 aliphatic carbocycles. The molecule has 0 radical (unpaired) electrons. The molecule has 1 aromatic rings. The van der Waals surface area contributed by atoms with E-state index >= 15 is 0 Å². The third-order valence-corrected chi connectivity index (χ3v) is 4.09. The highest BCUT2D eigenvalue weighted by atomic mass is 16.5. The van der Waals surface area contributed by atoms with Crippen LogP contribution in [-0.4, -0.2) is 26.7 Å². The standard InChI is InChI=1S/C14H17NO2/c1-15-8-5-10-9-11(3-4-12(10)15)14(6-7-14)13(16)17-2/h3-4,9H,5-8H2,1-2H3. The van der Waals surface area contributed by atoms with Gasteiger partial charge in [0.15, 0.2) is 0 Å². The summed E-state index contributed by atoms with van der Waals surface area (Å²) in [7, 11) is 3.59. The van der Waals surface area contributed by atoms with Crippen LogP contribution in [-0.2, 0) is 21.4 Å². The van der Waals surface area contributed by atoms with E-state index in [1.165, 1.54) is 18.4 Å². The van der Waals surface area contributed by atoms with Crippen LogP contribution in [0.5, 0.6) is 0 Å². The lowest BCUT2D eigenvalue weighted by molar-refractivity contribution is -0.143. The molecule has 1 aromatic carbocycles. The molecule has 90 valence electrons. The van der Waals surface area contributed by atoms with E-state index in [4.69, 9.17) is 4.74 Å². The number of likely N-dealkylation sites (N-methyl/N-ethyl adjacent to an activating group) is 1. The van der Waals surface area contributed by atoms with E-state index in [9.17, 15) is 4.79 Å². The van der Waals surface area contributed by atoms with Gasteiger partial charge < -0.3 is 9.64 Å². The topological polar surface area (TPSA) is 29.5 Å². The van der Waals surface area contributed by atoms with Crippen LogP contribution >= 0.6 is 0 Å². The van der Waals surface area contributed by atoms with Crippen LogP contribution in [0.1, 0.15) is 24.0 Å². The minimum Gasteiger partial charge on any atom is -0.468 e. The summed E-state index contributed by atoms with van der Waals surface area (Å²) in [5.41, 5.74) is 3.47. The molecule has 1 heterocycles. The van der Waals surface area contributed by atoms with Crippen molar-refractivity contribution in [2.24, 2.45) is 0 Å². The number of carbonyl (C=O) groups excluding carboxylic acids is 1. The van der Waals surface area contributed by atoms with Crippen molar-refractivity contribution >= 4 is 11.7 Å². The molecule has 3 heteroatoms. The van der Waals surface area contributed by atoms with Crippen LogP contribution < -0.4 is 4.90 Å². The van der Waals surface area contributed by atoms with Crippen LogP contribution in [0.15, 0.2) is 18.2 Å². The number of fused-ring (bicyclic) bond motifs is 1. The molecule has 0 N–H and O–H groups in total. The zero-order valence-electron chi connectivity index (χ0n) is 10.3. The smallest absolute Gasteiger partial charge is 0.316 e. The van der Waals surface area contributed by atoms with Crippen LogP contribution in [0.2, 0.25) is 0 Å². The van der Waals surface area contributed by atoms with Crippen molar-refractivity contribution in [2.75, 3.05) is 25.6 Å². The SMILES string of the molecule is COC(=O)C1(c2ccc3c(c2)CCN3C)CC1. The molecule has 0 aromatic heterocycles. The summed E-state index contributed by atoms with van der Waals surface area (Å²) < 4.78 is 4.92. The summed E-state index contributed by atoms with van der Waals surface area (Å²) in [4.78, 5) is 14.1. The van der Waals surface area contributed by atoms with Crippen molar-refractivity contribution in [1.29, 1.82) is 0 Å². The Morgan fingerprint density at radius 1 is 1.41 bits per heavy atom. The second-order valence-electron chi connectivity index (χ2n) is 5.09. The van der Waals surface area contributed by atoms with E-state index in [1.807, 2.05) is 0 Å². The van der Waals surface area contributed by atoms with E-state index in [1.54, 1.807) is 0 Å². The third-order valence-electron chi connectivity index (χ3n) is 4.09. The molecule has 0 saturated heterocycles. The van der Waals surface area contributed by atoms with Gasteiger partial charge in [0.25, 0.3) is 0 Å². The predicted molar refractivity (Wildman–Crippen MR) is 66.3 cm³/mol. The van der Waals surface area contributed by atoms with Crippen molar-refractivity contribution < 1.29 is 9.53 Å². The Labute approximate surface area is 101 Å². The van der Waals surface area contributed by atoms with Crippen molar-refractivity contribution in [2.45, 2.75) is 24.7 Å². The summed E-state index contributed by atoms with van der Waals surface area (Å²) >= 11 is 0. The van der Waals surface area contributed by atoms with Gasteiger partial charge in [0, 0.05) is 19.3 Å². The quantitative estimate of drug-likeness (QED) is 0.728. The van der Waals surface area contributed by atoms with Gasteiger partial charge >= 0.3 is 5.97 Å². The third kappa shape index (κ3) is 1.45. The molecule has 17 heavy (non-hydrogen) atoms. The lowest BCUT2D eigenvalue weighted by Crippen LogP contribution is -2.22. The van der Waals surface area contributed by atoms with Crippen molar-refractivity contribution in [3.05, 3.63) is 29.3 Å². The molecule has 1 aliphatic heterocycles. The van der Waals surface area contributed by atoms with Gasteiger partial charge in [0.2, 0.25) is 0 Å². The zero-order chi connectivity index (χ0) is 12.0. The number of rotatable bonds is 2. The highest BCUT2D eigenvalue weighted by Gasteiger charge is 2.52. The number of ether oxygens (including phenoxy) is 1. The van der Waals surface area contributed by atoms with Crippen LogP contribution in [0.3, 0.4) is 0 Å². The first-order valence-corrected chi connectivity index (χ1v) is 6.10. The molecule has 3 nitrogen and oxygen atoms in total. The highest BCUT2D eigenvalue weighted by Crippen LogP contribution is 2.50. The average Bonchev–Trinajstić information content (AvgIpc) is 3.09. The molecule has 3 rings (SSSR count). The molecule has 0 unspecified atom stereocenters. The minimum atomic E-state index is -0.328. The maximum Gasteiger partial charge on any atom is 0.316 e. The lowest BCUT2D eigenvalue weighted by atomic mass is 9.93. The van der Waals surface area contributed by atoms with Crippen LogP contribution in [0.4, 0.5) is 5.69 Å². The maximum atomic E-state index is 11.8. The summed E-state index contributed by atoms with van der Waals surface area (Å²) in [6, 6.07) is 6.42. The highest BCUT2D eigenvalue weighted by molar-refractivity contribution is 5.87. The second-order valence-corrected chi connectivity index (χ2v) is 5.09.